The molecular weight excluding hydrogens is 295 g/mol. The quantitative estimate of drug-likeness (QED) is 0.374. The molecule has 2 fully saturated rings. The average molecular weight is 310 g/mol. The lowest BCUT2D eigenvalue weighted by Crippen LogP contribution is -2.47. The van der Waals surface area contributed by atoms with E-state index in [1.807, 2.05) is 0 Å². The van der Waals surface area contributed by atoms with Gasteiger partial charge in [-0.15, -0.1) is 0 Å². The van der Waals surface area contributed by atoms with Crippen molar-refractivity contribution in [1.29, 1.82) is 0 Å². The Morgan fingerprint density at radius 2 is 2.15 bits per heavy atom. The molecule has 2 nitrogen and oxygen atoms in total. The largest absolute Gasteiger partial charge is 0.243 e. The lowest BCUT2D eigenvalue weighted by atomic mass is 9.49. The van der Waals surface area contributed by atoms with E-state index in [-0.39, 0.29) is 0 Å². The van der Waals surface area contributed by atoms with Crippen LogP contribution >= 0.6 is 30.3 Å². The van der Waals surface area contributed by atoms with Gasteiger partial charge in [0.2, 0.25) is 0 Å². The van der Waals surface area contributed by atoms with Crippen LogP contribution in [0.15, 0.2) is 5.10 Å². The molecule has 0 radical (unpaired) electrons. The van der Waals surface area contributed by atoms with Gasteiger partial charge in [-0.2, -0.15) is 5.10 Å². The number of halogens is 1. The third kappa shape index (κ3) is 2.14. The minimum absolute atomic E-state index is 0.753. The van der Waals surface area contributed by atoms with Crippen LogP contribution in [0.1, 0.15) is 32.6 Å². The zero-order chi connectivity index (χ0) is 9.31. The van der Waals surface area contributed by atoms with E-state index >= 15 is 0 Å². The summed E-state index contributed by atoms with van der Waals surface area (Å²) < 4.78 is 0. The molecule has 0 heterocycles. The highest BCUT2D eigenvalue weighted by atomic mass is 127. The molecule has 0 aromatic carbocycles. The van der Waals surface area contributed by atoms with Crippen LogP contribution in [0.5, 0.6) is 0 Å². The molecule has 2 aliphatic carbocycles. The smallest absolute Gasteiger partial charge is 0.0396 e. The fourth-order valence-corrected chi connectivity index (χ4v) is 3.51. The molecule has 74 valence electrons. The molecule has 0 aliphatic heterocycles. The Morgan fingerprint density at radius 3 is 2.69 bits per heavy atom. The van der Waals surface area contributed by atoms with Gasteiger partial charge in [-0.1, -0.05) is 6.92 Å². The summed E-state index contributed by atoms with van der Waals surface area (Å²) in [6.45, 7) is 2.36. The summed E-state index contributed by atoms with van der Waals surface area (Å²) in [5.74, 6) is 1.74. The maximum Gasteiger partial charge on any atom is 0.0396 e. The van der Waals surface area contributed by atoms with E-state index in [9.17, 15) is 0 Å². The van der Waals surface area contributed by atoms with Gasteiger partial charge in [0.05, 0.1) is 0 Å². The third-order valence-electron chi connectivity index (χ3n) is 3.33. The number of rotatable bonds is 3. The second-order valence-corrected chi connectivity index (χ2v) is 6.29. The Kier molecular flexibility index (Phi) is 3.07. The monoisotopic (exact) mass is 310 g/mol. The Bertz CT molecular complexity index is 206. The van der Waals surface area contributed by atoms with Gasteiger partial charge in [0, 0.05) is 36.5 Å². The first-order valence-corrected chi connectivity index (χ1v) is 8.16. The molecule has 0 aromatic heterocycles. The fraction of sp³-hybridized carbons (Fsp3) is 0.889. The van der Waals surface area contributed by atoms with Crippen LogP contribution in [-0.2, 0) is 0 Å². The van der Waals surface area contributed by atoms with Gasteiger partial charge in [-0.3, -0.25) is 0 Å². The Hall–Kier alpha value is 0.550. The topological polar surface area (TPSA) is 24.4 Å². The van der Waals surface area contributed by atoms with Crippen molar-refractivity contribution in [3.8, 4) is 0 Å². The van der Waals surface area contributed by atoms with Gasteiger partial charge in [0.1, 0.15) is 0 Å². The van der Waals surface area contributed by atoms with Gasteiger partial charge >= 0.3 is 0 Å². The zero-order valence-corrected chi connectivity index (χ0v) is 10.8. The van der Waals surface area contributed by atoms with E-state index in [0.29, 0.717) is 0 Å². The van der Waals surface area contributed by atoms with Crippen LogP contribution in [0, 0.1) is 17.3 Å². The van der Waals surface area contributed by atoms with Crippen molar-refractivity contribution in [1.82, 2.24) is 4.83 Å². The molecule has 0 atom stereocenters. The summed E-state index contributed by atoms with van der Waals surface area (Å²) in [6, 6.07) is 0. The lowest BCUT2D eigenvalue weighted by Gasteiger charge is -2.56. The van der Waals surface area contributed by atoms with Crippen molar-refractivity contribution in [2.75, 3.05) is 0 Å². The molecule has 1 N–H and O–H groups in total. The van der Waals surface area contributed by atoms with E-state index in [1.165, 1.54) is 34.8 Å². The second-order valence-electron chi connectivity index (χ2n) is 4.63. The molecule has 4 heteroatoms. The van der Waals surface area contributed by atoms with Crippen LogP contribution in [0.25, 0.3) is 0 Å². The second kappa shape index (κ2) is 3.96. The molecule has 2 rings (SSSR count). The molecule has 0 amide bonds. The van der Waals surface area contributed by atoms with Gasteiger partial charge in [-0.25, -0.2) is 4.83 Å². The zero-order valence-electron chi connectivity index (χ0n) is 7.79. The molecule has 0 bridgehead atoms. The van der Waals surface area contributed by atoms with E-state index < -0.39 is 0 Å². The lowest BCUT2D eigenvalue weighted by molar-refractivity contribution is -0.0373. The van der Waals surface area contributed by atoms with E-state index in [4.69, 9.17) is 0 Å². The van der Waals surface area contributed by atoms with Gasteiger partial charge in [0.15, 0.2) is 0 Å². The van der Waals surface area contributed by atoms with E-state index in [1.54, 1.807) is 0 Å². The van der Waals surface area contributed by atoms with Crippen LogP contribution < -0.4 is 4.83 Å². The Labute approximate surface area is 96.0 Å². The van der Waals surface area contributed by atoms with Crippen molar-refractivity contribution in [2.24, 2.45) is 22.4 Å². The number of nitrogens with one attached hydrogen (secondary N) is 1. The van der Waals surface area contributed by atoms with Crippen LogP contribution in [0.3, 0.4) is 0 Å². The third-order valence-corrected chi connectivity index (χ3v) is 4.09. The number of hydrogen-bond acceptors (Lipinski definition) is 3. The summed E-state index contributed by atoms with van der Waals surface area (Å²) in [6.07, 6.45) is 7.78. The van der Waals surface area contributed by atoms with Crippen molar-refractivity contribution in [2.45, 2.75) is 32.6 Å². The average Bonchev–Trinajstić information content (AvgIpc) is 1.97. The Balaban J connectivity index is 1.67. The summed E-state index contributed by atoms with van der Waals surface area (Å²) in [5, 5.41) is 4.14. The maximum absolute atomic E-state index is 4.14. The first kappa shape index (κ1) is 10.1. The highest BCUT2D eigenvalue weighted by Gasteiger charge is 2.50. The van der Waals surface area contributed by atoms with Crippen molar-refractivity contribution in [3.05, 3.63) is 0 Å². The highest BCUT2D eigenvalue weighted by Crippen LogP contribution is 2.60. The first-order valence-electron chi connectivity index (χ1n) is 4.80. The summed E-state index contributed by atoms with van der Waals surface area (Å²) in [7, 11) is 1.52. The van der Waals surface area contributed by atoms with Crippen molar-refractivity contribution >= 4 is 36.5 Å². The molecule has 2 aliphatic rings. The predicted molar refractivity (Wildman–Crippen MR) is 66.8 cm³/mol. The standard InChI is InChI=1S/C9H15IN2S/c1-7-2-9(3-7)4-8(5-9)6-11-12-13-10/h6-8,12H,2-5H2,1H3/b11-6+. The minimum atomic E-state index is 0.753. The van der Waals surface area contributed by atoms with Crippen molar-refractivity contribution < 1.29 is 0 Å². The fourth-order valence-electron chi connectivity index (χ4n) is 3.07. The molecule has 13 heavy (non-hydrogen) atoms. The van der Waals surface area contributed by atoms with E-state index in [0.717, 1.165) is 17.3 Å². The normalized spacial score (nSPS) is 43.2. The number of hydrogen-bond donors (Lipinski definition) is 1. The van der Waals surface area contributed by atoms with Gasteiger partial charge in [-0.05, 0) is 42.9 Å². The summed E-state index contributed by atoms with van der Waals surface area (Å²) in [4.78, 5) is 2.89. The van der Waals surface area contributed by atoms with Crippen LogP contribution in [0.4, 0.5) is 0 Å². The summed E-state index contributed by atoms with van der Waals surface area (Å²) in [5.41, 5.74) is 0.758. The maximum atomic E-state index is 4.14. The minimum Gasteiger partial charge on any atom is -0.243 e. The molecule has 0 saturated heterocycles. The van der Waals surface area contributed by atoms with E-state index in [2.05, 4.69) is 44.3 Å². The molecule has 0 aromatic rings. The van der Waals surface area contributed by atoms with Crippen LogP contribution in [0.2, 0.25) is 0 Å². The molecule has 1 spiro atoms. The number of hydrazone groups is 1. The predicted octanol–water partition coefficient (Wildman–Crippen LogP) is 3.39. The molecular formula is C9H15IN2S. The SMILES string of the molecule is CC1CC2(C1)CC(/C=N/NSI)C2. The highest BCUT2D eigenvalue weighted by molar-refractivity contribution is 14.2. The molecule has 0 unspecified atom stereocenters. The van der Waals surface area contributed by atoms with Gasteiger partial charge < -0.3 is 0 Å². The Morgan fingerprint density at radius 1 is 1.46 bits per heavy atom. The summed E-state index contributed by atoms with van der Waals surface area (Å²) >= 11 is 2.18. The van der Waals surface area contributed by atoms with Crippen molar-refractivity contribution in [3.63, 3.8) is 0 Å². The number of nitrogens with zero attached hydrogens (tertiary/aromatic N) is 1. The molecule has 2 saturated carbocycles. The van der Waals surface area contributed by atoms with Crippen LogP contribution in [-0.4, -0.2) is 6.21 Å². The first-order chi connectivity index (χ1) is 6.24. The van der Waals surface area contributed by atoms with Gasteiger partial charge in [0.25, 0.3) is 0 Å².